The number of nitrogens with zero attached hydrogens (tertiary/aromatic N) is 3. The number of carbonyl (C=O) groups excluding carboxylic acids is 1. The van der Waals surface area contributed by atoms with Crippen LogP contribution in [-0.2, 0) is 17.1 Å². The molecule has 1 fully saturated rings. The van der Waals surface area contributed by atoms with Gasteiger partial charge in [-0.05, 0) is 25.1 Å². The Morgan fingerprint density at radius 2 is 1.57 bits per heavy atom. The fraction of sp³-hybridized carbons (Fsp3) is 0.273. The number of para-hydroxylation sites is 1. The van der Waals surface area contributed by atoms with E-state index in [1.165, 1.54) is 14.9 Å². The van der Waals surface area contributed by atoms with Crippen LogP contribution in [0.3, 0.4) is 0 Å². The highest BCUT2D eigenvalue weighted by atomic mass is 32.2. The van der Waals surface area contributed by atoms with Crippen LogP contribution in [0.25, 0.3) is 10.9 Å². The largest absolute Gasteiger partial charge is 0.336 e. The van der Waals surface area contributed by atoms with Crippen LogP contribution in [0.2, 0.25) is 0 Å². The summed E-state index contributed by atoms with van der Waals surface area (Å²) in [5.74, 6) is -0.253. The second-order valence-electron chi connectivity index (χ2n) is 7.48. The van der Waals surface area contributed by atoms with E-state index in [1.807, 2.05) is 25.1 Å². The SMILES string of the molecule is Cc1ccc(S(=O)(=O)N2CCN(C(=O)c3cc(=O)n(C)c4ccccc34)CC2)cc1. The summed E-state index contributed by atoms with van der Waals surface area (Å²) in [6.07, 6.45) is 0. The van der Waals surface area contributed by atoms with Gasteiger partial charge < -0.3 is 9.47 Å². The van der Waals surface area contributed by atoms with Crippen LogP contribution < -0.4 is 5.56 Å². The Morgan fingerprint density at radius 3 is 2.23 bits per heavy atom. The van der Waals surface area contributed by atoms with Crippen molar-refractivity contribution in [3.63, 3.8) is 0 Å². The van der Waals surface area contributed by atoms with E-state index in [1.54, 1.807) is 42.3 Å². The number of pyridine rings is 1. The van der Waals surface area contributed by atoms with E-state index in [9.17, 15) is 18.0 Å². The zero-order valence-electron chi connectivity index (χ0n) is 16.9. The first-order chi connectivity index (χ1) is 14.3. The third kappa shape index (κ3) is 3.53. The van der Waals surface area contributed by atoms with Crippen molar-refractivity contribution in [3.8, 4) is 0 Å². The first-order valence-electron chi connectivity index (χ1n) is 9.74. The van der Waals surface area contributed by atoms with Crippen LogP contribution in [0.4, 0.5) is 0 Å². The molecular formula is C22H23N3O4S. The Morgan fingerprint density at radius 1 is 0.933 bits per heavy atom. The number of rotatable bonds is 3. The fourth-order valence-electron chi connectivity index (χ4n) is 3.75. The van der Waals surface area contributed by atoms with Crippen LogP contribution in [0.5, 0.6) is 0 Å². The molecule has 0 N–H and O–H groups in total. The molecule has 0 radical (unpaired) electrons. The normalized spacial score (nSPS) is 15.5. The highest BCUT2D eigenvalue weighted by molar-refractivity contribution is 7.89. The lowest BCUT2D eigenvalue weighted by atomic mass is 10.1. The summed E-state index contributed by atoms with van der Waals surface area (Å²) in [4.78, 5) is 27.3. The lowest BCUT2D eigenvalue weighted by Crippen LogP contribution is -2.50. The number of fused-ring (bicyclic) bond motifs is 1. The van der Waals surface area contributed by atoms with Crippen molar-refractivity contribution in [3.05, 3.63) is 76.1 Å². The van der Waals surface area contributed by atoms with Crippen molar-refractivity contribution >= 4 is 26.8 Å². The minimum absolute atomic E-state index is 0.213. The number of benzene rings is 2. The summed E-state index contributed by atoms with van der Waals surface area (Å²) in [6.45, 7) is 2.87. The van der Waals surface area contributed by atoms with E-state index < -0.39 is 10.0 Å². The van der Waals surface area contributed by atoms with Crippen LogP contribution in [0, 0.1) is 6.92 Å². The smallest absolute Gasteiger partial charge is 0.254 e. The molecule has 1 saturated heterocycles. The van der Waals surface area contributed by atoms with Gasteiger partial charge in [-0.15, -0.1) is 0 Å². The van der Waals surface area contributed by atoms with Crippen molar-refractivity contribution < 1.29 is 13.2 Å². The predicted octanol–water partition coefficient (Wildman–Crippen LogP) is 1.99. The summed E-state index contributed by atoms with van der Waals surface area (Å²) in [6, 6.07) is 15.4. The summed E-state index contributed by atoms with van der Waals surface area (Å²) in [7, 11) is -1.92. The molecule has 0 atom stereocenters. The van der Waals surface area contributed by atoms with Gasteiger partial charge >= 0.3 is 0 Å². The van der Waals surface area contributed by atoms with Crippen LogP contribution in [-0.4, -0.2) is 54.3 Å². The number of sulfonamides is 1. The standard InChI is InChI=1S/C22H23N3O4S/c1-16-7-9-17(10-8-16)30(28,29)25-13-11-24(12-14-25)22(27)19-15-21(26)23(2)20-6-4-3-5-18(19)20/h3-10,15H,11-14H2,1-2H3. The zero-order chi connectivity index (χ0) is 21.5. The monoisotopic (exact) mass is 425 g/mol. The molecule has 0 spiro atoms. The number of hydrogen-bond acceptors (Lipinski definition) is 4. The lowest BCUT2D eigenvalue weighted by molar-refractivity contribution is 0.0699. The number of hydrogen-bond donors (Lipinski definition) is 0. The van der Waals surface area contributed by atoms with Crippen LogP contribution in [0.15, 0.2) is 64.3 Å². The molecule has 1 aliphatic heterocycles. The second-order valence-corrected chi connectivity index (χ2v) is 9.42. The zero-order valence-corrected chi connectivity index (χ0v) is 17.7. The minimum Gasteiger partial charge on any atom is -0.336 e. The summed E-state index contributed by atoms with van der Waals surface area (Å²) >= 11 is 0. The molecule has 1 aliphatic rings. The van der Waals surface area contributed by atoms with Gasteiger partial charge in [-0.3, -0.25) is 9.59 Å². The van der Waals surface area contributed by atoms with E-state index >= 15 is 0 Å². The Balaban J connectivity index is 1.56. The van der Waals surface area contributed by atoms with Gasteiger partial charge in [-0.25, -0.2) is 8.42 Å². The van der Waals surface area contributed by atoms with E-state index in [0.717, 1.165) is 5.56 Å². The first-order valence-corrected chi connectivity index (χ1v) is 11.2. The van der Waals surface area contributed by atoms with Gasteiger partial charge in [0, 0.05) is 44.7 Å². The summed E-state index contributed by atoms with van der Waals surface area (Å²) < 4.78 is 28.7. The molecule has 3 aromatic rings. The topological polar surface area (TPSA) is 79.7 Å². The van der Waals surface area contributed by atoms with Crippen molar-refractivity contribution in [2.75, 3.05) is 26.2 Å². The number of aromatic nitrogens is 1. The predicted molar refractivity (Wildman–Crippen MR) is 115 cm³/mol. The van der Waals surface area contributed by atoms with Crippen molar-refractivity contribution in [1.29, 1.82) is 0 Å². The summed E-state index contributed by atoms with van der Waals surface area (Å²) in [5, 5.41) is 0.708. The number of aryl methyl sites for hydroxylation is 2. The van der Waals surface area contributed by atoms with E-state index in [2.05, 4.69) is 0 Å². The highest BCUT2D eigenvalue weighted by Crippen LogP contribution is 2.21. The third-order valence-electron chi connectivity index (χ3n) is 5.57. The average Bonchev–Trinajstić information content (AvgIpc) is 2.76. The van der Waals surface area contributed by atoms with Crippen LogP contribution in [0.1, 0.15) is 15.9 Å². The number of carbonyl (C=O) groups is 1. The highest BCUT2D eigenvalue weighted by Gasteiger charge is 2.31. The average molecular weight is 426 g/mol. The van der Waals surface area contributed by atoms with E-state index in [0.29, 0.717) is 16.5 Å². The van der Waals surface area contributed by atoms with Gasteiger partial charge in [-0.2, -0.15) is 4.31 Å². The molecule has 2 heterocycles. The molecule has 1 amide bonds. The molecular weight excluding hydrogens is 402 g/mol. The molecule has 156 valence electrons. The van der Waals surface area contributed by atoms with Gasteiger partial charge in [0.1, 0.15) is 0 Å². The molecule has 2 aromatic carbocycles. The van der Waals surface area contributed by atoms with Crippen molar-refractivity contribution in [2.45, 2.75) is 11.8 Å². The maximum atomic E-state index is 13.2. The van der Waals surface area contributed by atoms with Gasteiger partial charge in [-0.1, -0.05) is 35.9 Å². The quantitative estimate of drug-likeness (QED) is 0.643. The fourth-order valence-corrected chi connectivity index (χ4v) is 5.17. The van der Waals surface area contributed by atoms with Gasteiger partial charge in [0.15, 0.2) is 0 Å². The molecule has 1 aromatic heterocycles. The molecule has 0 bridgehead atoms. The molecule has 0 saturated carbocycles. The maximum absolute atomic E-state index is 13.2. The number of piperazine rings is 1. The van der Waals surface area contributed by atoms with Gasteiger partial charge in [0.05, 0.1) is 16.0 Å². The van der Waals surface area contributed by atoms with Crippen LogP contribution >= 0.6 is 0 Å². The Hall–Kier alpha value is -2.97. The third-order valence-corrected chi connectivity index (χ3v) is 7.48. The van der Waals surface area contributed by atoms with Gasteiger partial charge in [0.25, 0.3) is 11.5 Å². The van der Waals surface area contributed by atoms with Crippen molar-refractivity contribution in [2.24, 2.45) is 7.05 Å². The Labute approximate surface area is 175 Å². The first kappa shape index (κ1) is 20.3. The van der Waals surface area contributed by atoms with Gasteiger partial charge in [0.2, 0.25) is 10.0 Å². The second kappa shape index (κ2) is 7.70. The molecule has 30 heavy (non-hydrogen) atoms. The lowest BCUT2D eigenvalue weighted by Gasteiger charge is -2.34. The molecule has 0 aliphatic carbocycles. The Bertz CT molecular complexity index is 1270. The van der Waals surface area contributed by atoms with Crippen molar-refractivity contribution in [1.82, 2.24) is 13.8 Å². The maximum Gasteiger partial charge on any atom is 0.254 e. The molecule has 7 nitrogen and oxygen atoms in total. The minimum atomic E-state index is -3.60. The van der Waals surface area contributed by atoms with E-state index in [-0.39, 0.29) is 42.5 Å². The molecule has 8 heteroatoms. The number of amides is 1. The molecule has 0 unspecified atom stereocenters. The Kier molecular flexibility index (Phi) is 5.21. The van der Waals surface area contributed by atoms with E-state index in [4.69, 9.17) is 0 Å². The molecule has 4 rings (SSSR count). The summed E-state index contributed by atoms with van der Waals surface area (Å²) in [5.41, 5.74) is 1.78.